The van der Waals surface area contributed by atoms with E-state index in [9.17, 15) is 13.2 Å². The standard InChI is InChI=1S/C15H22F3NS/c1-2-19-14(10-11-6-5-9-20-11)12-7-3-4-8-13(12)15(16,17)18/h5-6,9,12-14,19H,2-4,7-8,10H2,1H3. The average Bonchev–Trinajstić information content (AvgIpc) is 2.90. The lowest BCUT2D eigenvalue weighted by Crippen LogP contribution is -2.46. The summed E-state index contributed by atoms with van der Waals surface area (Å²) in [5, 5.41) is 5.29. The van der Waals surface area contributed by atoms with Crippen LogP contribution >= 0.6 is 11.3 Å². The molecule has 1 aliphatic carbocycles. The molecule has 1 heterocycles. The zero-order chi connectivity index (χ0) is 14.6. The van der Waals surface area contributed by atoms with Crippen LogP contribution in [-0.4, -0.2) is 18.8 Å². The lowest BCUT2D eigenvalue weighted by Gasteiger charge is -2.38. The van der Waals surface area contributed by atoms with Gasteiger partial charge < -0.3 is 5.32 Å². The van der Waals surface area contributed by atoms with Crippen LogP contribution in [0.1, 0.15) is 37.5 Å². The summed E-state index contributed by atoms with van der Waals surface area (Å²) in [5.74, 6) is -1.42. The maximum absolute atomic E-state index is 13.2. The Morgan fingerprint density at radius 3 is 2.70 bits per heavy atom. The van der Waals surface area contributed by atoms with E-state index < -0.39 is 12.1 Å². The van der Waals surface area contributed by atoms with E-state index in [0.717, 1.165) is 13.0 Å². The molecular weight excluding hydrogens is 283 g/mol. The Morgan fingerprint density at radius 2 is 2.10 bits per heavy atom. The van der Waals surface area contributed by atoms with Gasteiger partial charge in [0.1, 0.15) is 0 Å². The number of nitrogens with one attached hydrogen (secondary N) is 1. The molecule has 1 saturated carbocycles. The topological polar surface area (TPSA) is 12.0 Å². The van der Waals surface area contributed by atoms with E-state index in [0.29, 0.717) is 25.7 Å². The van der Waals surface area contributed by atoms with Crippen molar-refractivity contribution < 1.29 is 13.2 Å². The second-order valence-corrected chi connectivity index (χ2v) is 6.58. The first-order valence-corrected chi connectivity index (χ1v) is 8.22. The third-order valence-electron chi connectivity index (χ3n) is 4.22. The summed E-state index contributed by atoms with van der Waals surface area (Å²) in [5.41, 5.74) is 0. The number of rotatable bonds is 5. The maximum atomic E-state index is 13.2. The van der Waals surface area contributed by atoms with Crippen molar-refractivity contribution in [3.05, 3.63) is 22.4 Å². The first-order chi connectivity index (χ1) is 9.52. The zero-order valence-corrected chi connectivity index (χ0v) is 12.6. The third-order valence-corrected chi connectivity index (χ3v) is 5.12. The van der Waals surface area contributed by atoms with Crippen LogP contribution in [0.15, 0.2) is 17.5 Å². The van der Waals surface area contributed by atoms with Crippen molar-refractivity contribution in [1.29, 1.82) is 0 Å². The SMILES string of the molecule is CCNC(Cc1cccs1)C1CCCCC1C(F)(F)F. The van der Waals surface area contributed by atoms with Crippen molar-refractivity contribution in [2.24, 2.45) is 11.8 Å². The predicted molar refractivity (Wildman–Crippen MR) is 77.0 cm³/mol. The van der Waals surface area contributed by atoms with Gasteiger partial charge in [-0.2, -0.15) is 13.2 Å². The van der Waals surface area contributed by atoms with E-state index in [1.165, 1.54) is 4.88 Å². The molecule has 1 nitrogen and oxygen atoms in total. The van der Waals surface area contributed by atoms with Gasteiger partial charge in [0.25, 0.3) is 0 Å². The fraction of sp³-hybridized carbons (Fsp3) is 0.733. The van der Waals surface area contributed by atoms with E-state index in [4.69, 9.17) is 0 Å². The minimum absolute atomic E-state index is 0.0643. The van der Waals surface area contributed by atoms with E-state index in [1.54, 1.807) is 11.3 Å². The van der Waals surface area contributed by atoms with Gasteiger partial charge in [0.15, 0.2) is 0 Å². The van der Waals surface area contributed by atoms with E-state index in [-0.39, 0.29) is 12.0 Å². The molecule has 0 radical (unpaired) electrons. The molecule has 0 bridgehead atoms. The number of likely N-dealkylation sites (N-methyl/N-ethyl adjacent to an activating group) is 1. The van der Waals surface area contributed by atoms with Crippen molar-refractivity contribution in [2.75, 3.05) is 6.54 Å². The summed E-state index contributed by atoms with van der Waals surface area (Å²) in [7, 11) is 0. The normalized spacial score (nSPS) is 25.6. The molecule has 3 atom stereocenters. The summed E-state index contributed by atoms with van der Waals surface area (Å²) >= 11 is 1.63. The van der Waals surface area contributed by atoms with Gasteiger partial charge in [0.05, 0.1) is 5.92 Å². The predicted octanol–water partition coefficient (Wildman–Crippen LogP) is 4.64. The second-order valence-electron chi connectivity index (χ2n) is 5.54. The van der Waals surface area contributed by atoms with Crippen LogP contribution < -0.4 is 5.32 Å². The number of thiophene rings is 1. The molecule has 1 aliphatic rings. The summed E-state index contributed by atoms with van der Waals surface area (Å²) < 4.78 is 39.7. The average molecular weight is 305 g/mol. The van der Waals surface area contributed by atoms with Crippen molar-refractivity contribution in [3.63, 3.8) is 0 Å². The highest BCUT2D eigenvalue weighted by atomic mass is 32.1. The smallest absolute Gasteiger partial charge is 0.314 e. The van der Waals surface area contributed by atoms with E-state index in [2.05, 4.69) is 5.32 Å². The van der Waals surface area contributed by atoms with Gasteiger partial charge in [-0.05, 0) is 43.2 Å². The van der Waals surface area contributed by atoms with Gasteiger partial charge in [-0.3, -0.25) is 0 Å². The molecule has 0 spiro atoms. The summed E-state index contributed by atoms with van der Waals surface area (Å²) in [6.45, 7) is 2.68. The van der Waals surface area contributed by atoms with Gasteiger partial charge in [-0.25, -0.2) is 0 Å². The van der Waals surface area contributed by atoms with Crippen LogP contribution in [0.3, 0.4) is 0 Å². The highest BCUT2D eigenvalue weighted by molar-refractivity contribution is 7.09. The molecule has 3 unspecified atom stereocenters. The Kier molecular flexibility index (Phi) is 5.49. The Bertz CT molecular complexity index is 388. The van der Waals surface area contributed by atoms with Crippen molar-refractivity contribution >= 4 is 11.3 Å². The molecule has 1 N–H and O–H groups in total. The number of hydrogen-bond donors (Lipinski definition) is 1. The number of halogens is 3. The molecular formula is C15H22F3NS. The van der Waals surface area contributed by atoms with Crippen molar-refractivity contribution in [1.82, 2.24) is 5.32 Å². The first-order valence-electron chi connectivity index (χ1n) is 7.35. The maximum Gasteiger partial charge on any atom is 0.392 e. The quantitative estimate of drug-likeness (QED) is 0.836. The molecule has 1 aromatic heterocycles. The Hall–Kier alpha value is -0.550. The lowest BCUT2D eigenvalue weighted by atomic mass is 9.74. The van der Waals surface area contributed by atoms with Gasteiger partial charge >= 0.3 is 6.18 Å². The molecule has 5 heteroatoms. The van der Waals surface area contributed by atoms with Gasteiger partial charge in [0, 0.05) is 10.9 Å². The van der Waals surface area contributed by atoms with Crippen LogP contribution in [0, 0.1) is 11.8 Å². The van der Waals surface area contributed by atoms with E-state index in [1.807, 2.05) is 24.4 Å². The monoisotopic (exact) mass is 305 g/mol. The summed E-state index contributed by atoms with van der Waals surface area (Å²) in [6, 6.07) is 3.91. The lowest BCUT2D eigenvalue weighted by molar-refractivity contribution is -0.199. The fourth-order valence-electron chi connectivity index (χ4n) is 3.33. The highest BCUT2D eigenvalue weighted by Gasteiger charge is 2.47. The molecule has 1 fully saturated rings. The van der Waals surface area contributed by atoms with Crippen LogP contribution in [0.2, 0.25) is 0 Å². The molecule has 0 aromatic carbocycles. The minimum Gasteiger partial charge on any atom is -0.314 e. The van der Waals surface area contributed by atoms with Gasteiger partial charge in [0.2, 0.25) is 0 Å². The third kappa shape index (κ3) is 3.98. The minimum atomic E-state index is -4.06. The van der Waals surface area contributed by atoms with Crippen molar-refractivity contribution in [3.8, 4) is 0 Å². The van der Waals surface area contributed by atoms with Gasteiger partial charge in [-0.1, -0.05) is 25.8 Å². The van der Waals surface area contributed by atoms with Crippen molar-refractivity contribution in [2.45, 2.75) is 51.2 Å². The van der Waals surface area contributed by atoms with E-state index >= 15 is 0 Å². The Morgan fingerprint density at radius 1 is 1.35 bits per heavy atom. The van der Waals surface area contributed by atoms with Gasteiger partial charge in [-0.15, -0.1) is 11.3 Å². The van der Waals surface area contributed by atoms with Crippen LogP contribution in [0.4, 0.5) is 13.2 Å². The number of hydrogen-bond acceptors (Lipinski definition) is 2. The Balaban J connectivity index is 2.12. The molecule has 0 saturated heterocycles. The molecule has 114 valence electrons. The first kappa shape index (κ1) is 15.8. The zero-order valence-electron chi connectivity index (χ0n) is 11.7. The summed E-state index contributed by atoms with van der Waals surface area (Å²) in [4.78, 5) is 1.17. The van der Waals surface area contributed by atoms with Crippen LogP contribution in [0.25, 0.3) is 0 Å². The summed E-state index contributed by atoms with van der Waals surface area (Å²) in [6.07, 6.45) is -0.743. The largest absolute Gasteiger partial charge is 0.392 e. The Labute approximate surface area is 122 Å². The fourth-order valence-corrected chi connectivity index (χ4v) is 4.09. The molecule has 0 amide bonds. The van der Waals surface area contributed by atoms with Crippen LogP contribution in [-0.2, 0) is 6.42 Å². The molecule has 1 aromatic rings. The highest BCUT2D eigenvalue weighted by Crippen LogP contribution is 2.43. The molecule has 20 heavy (non-hydrogen) atoms. The number of alkyl halides is 3. The second kappa shape index (κ2) is 6.94. The van der Waals surface area contributed by atoms with Crippen LogP contribution in [0.5, 0.6) is 0 Å². The molecule has 0 aliphatic heterocycles. The molecule has 2 rings (SSSR count).